The molecule has 0 atom stereocenters. The maximum Gasteiger partial charge on any atom is 0.320 e. The number of hydrogen-bond donors (Lipinski definition) is 2. The van der Waals surface area contributed by atoms with Crippen LogP contribution in [0.1, 0.15) is 22.5 Å². The zero-order chi connectivity index (χ0) is 16.1. The summed E-state index contributed by atoms with van der Waals surface area (Å²) in [4.78, 5) is 11.7. The number of anilines is 1. The Labute approximate surface area is 129 Å². The second-order valence-electron chi connectivity index (χ2n) is 5.21. The number of nitrogens with one attached hydrogen (secondary N) is 2. The van der Waals surface area contributed by atoms with Crippen LogP contribution in [0.5, 0.6) is 5.75 Å². The summed E-state index contributed by atoms with van der Waals surface area (Å²) in [6, 6.07) is 5.42. The van der Waals surface area contributed by atoms with Crippen LogP contribution in [0.3, 0.4) is 0 Å². The van der Waals surface area contributed by atoms with Crippen LogP contribution >= 0.6 is 0 Å². The monoisotopic (exact) mass is 303 g/mol. The summed E-state index contributed by atoms with van der Waals surface area (Å²) >= 11 is 0. The van der Waals surface area contributed by atoms with E-state index in [4.69, 9.17) is 9.26 Å². The number of nitrogens with zero attached hydrogens (tertiary/aromatic N) is 1. The van der Waals surface area contributed by atoms with Crippen molar-refractivity contribution >= 4 is 11.8 Å². The first-order valence-electron chi connectivity index (χ1n) is 7.15. The highest BCUT2D eigenvalue weighted by atomic mass is 16.5. The number of carbonyl (C=O) groups excluding carboxylic acids is 1. The predicted octanol–water partition coefficient (Wildman–Crippen LogP) is 3.11. The standard InChI is InChI=1S/C16H21N3O3/c1-10-5-6-11(2)15(13(10)4)21-8-7-17-16(20)18-14-9-12(3)22-19-14/h5-6,9H,7-8H2,1-4H3,(H2,17,18,19,20). The molecule has 0 aliphatic heterocycles. The molecule has 22 heavy (non-hydrogen) atoms. The summed E-state index contributed by atoms with van der Waals surface area (Å²) in [5.74, 6) is 1.92. The van der Waals surface area contributed by atoms with E-state index in [-0.39, 0.29) is 6.03 Å². The number of urea groups is 1. The van der Waals surface area contributed by atoms with Crippen LogP contribution in [0, 0.1) is 27.7 Å². The number of carbonyl (C=O) groups is 1. The van der Waals surface area contributed by atoms with Crippen LogP contribution in [0.15, 0.2) is 22.7 Å². The number of amides is 2. The van der Waals surface area contributed by atoms with E-state index < -0.39 is 0 Å². The number of rotatable bonds is 5. The lowest BCUT2D eigenvalue weighted by atomic mass is 10.1. The van der Waals surface area contributed by atoms with E-state index in [2.05, 4.69) is 21.9 Å². The number of aromatic nitrogens is 1. The molecule has 1 heterocycles. The molecule has 0 aliphatic carbocycles. The largest absolute Gasteiger partial charge is 0.491 e. The van der Waals surface area contributed by atoms with Crippen LogP contribution in [-0.4, -0.2) is 24.3 Å². The molecule has 0 spiro atoms. The molecule has 2 aromatic rings. The van der Waals surface area contributed by atoms with Gasteiger partial charge in [0.25, 0.3) is 0 Å². The highest BCUT2D eigenvalue weighted by Gasteiger charge is 2.07. The number of aryl methyl sites for hydroxylation is 3. The molecular weight excluding hydrogens is 282 g/mol. The Bertz CT molecular complexity index is 665. The molecule has 2 rings (SSSR count). The smallest absolute Gasteiger partial charge is 0.320 e. The minimum absolute atomic E-state index is 0.338. The summed E-state index contributed by atoms with van der Waals surface area (Å²) < 4.78 is 10.6. The molecular formula is C16H21N3O3. The first kappa shape index (κ1) is 15.9. The predicted molar refractivity (Wildman–Crippen MR) is 84.4 cm³/mol. The molecule has 1 aromatic heterocycles. The number of benzene rings is 1. The van der Waals surface area contributed by atoms with Crippen molar-refractivity contribution < 1.29 is 14.1 Å². The van der Waals surface area contributed by atoms with Crippen molar-refractivity contribution in [3.63, 3.8) is 0 Å². The second-order valence-corrected chi connectivity index (χ2v) is 5.21. The average molecular weight is 303 g/mol. The third kappa shape index (κ3) is 4.00. The molecule has 0 unspecified atom stereocenters. The molecule has 0 radical (unpaired) electrons. The van der Waals surface area contributed by atoms with Crippen LogP contribution < -0.4 is 15.4 Å². The topological polar surface area (TPSA) is 76.4 Å². The Morgan fingerprint density at radius 3 is 2.64 bits per heavy atom. The Balaban J connectivity index is 1.78. The minimum Gasteiger partial charge on any atom is -0.491 e. The van der Waals surface area contributed by atoms with Crippen molar-refractivity contribution in [3.05, 3.63) is 40.6 Å². The Morgan fingerprint density at radius 2 is 1.95 bits per heavy atom. The Morgan fingerprint density at radius 1 is 1.23 bits per heavy atom. The van der Waals surface area contributed by atoms with Gasteiger partial charge in [0.2, 0.25) is 0 Å². The molecule has 118 valence electrons. The van der Waals surface area contributed by atoms with Crippen molar-refractivity contribution in [1.82, 2.24) is 10.5 Å². The molecule has 0 fully saturated rings. The Hall–Kier alpha value is -2.50. The number of hydrogen-bond acceptors (Lipinski definition) is 4. The lowest BCUT2D eigenvalue weighted by molar-refractivity contribution is 0.247. The quantitative estimate of drug-likeness (QED) is 0.832. The van der Waals surface area contributed by atoms with Gasteiger partial charge in [0, 0.05) is 6.07 Å². The summed E-state index contributed by atoms with van der Waals surface area (Å²) in [6.45, 7) is 8.65. The van der Waals surface area contributed by atoms with Gasteiger partial charge in [-0.05, 0) is 44.4 Å². The summed E-state index contributed by atoms with van der Waals surface area (Å²) in [7, 11) is 0. The van der Waals surface area contributed by atoms with Crippen molar-refractivity contribution in [2.75, 3.05) is 18.5 Å². The van der Waals surface area contributed by atoms with E-state index in [0.717, 1.165) is 16.9 Å². The van der Waals surface area contributed by atoms with E-state index in [1.807, 2.05) is 26.8 Å². The fourth-order valence-corrected chi connectivity index (χ4v) is 2.05. The van der Waals surface area contributed by atoms with E-state index >= 15 is 0 Å². The van der Waals surface area contributed by atoms with Crippen molar-refractivity contribution in [2.45, 2.75) is 27.7 Å². The fourth-order valence-electron chi connectivity index (χ4n) is 2.05. The highest BCUT2D eigenvalue weighted by Crippen LogP contribution is 2.25. The molecule has 0 saturated carbocycles. The SMILES string of the molecule is Cc1cc(NC(=O)NCCOc2c(C)ccc(C)c2C)no1. The normalized spacial score (nSPS) is 10.4. The van der Waals surface area contributed by atoms with E-state index in [1.165, 1.54) is 5.56 Å². The van der Waals surface area contributed by atoms with Crippen molar-refractivity contribution in [2.24, 2.45) is 0 Å². The molecule has 2 amide bonds. The summed E-state index contributed by atoms with van der Waals surface area (Å²) in [6.07, 6.45) is 0. The van der Waals surface area contributed by atoms with Gasteiger partial charge in [0.1, 0.15) is 18.1 Å². The molecule has 0 saturated heterocycles. The third-order valence-corrected chi connectivity index (χ3v) is 3.38. The van der Waals surface area contributed by atoms with Crippen LogP contribution in [0.4, 0.5) is 10.6 Å². The lowest BCUT2D eigenvalue weighted by Crippen LogP contribution is -2.32. The van der Waals surface area contributed by atoms with Gasteiger partial charge in [-0.3, -0.25) is 5.32 Å². The lowest BCUT2D eigenvalue weighted by Gasteiger charge is -2.14. The fraction of sp³-hybridized carbons (Fsp3) is 0.375. The summed E-state index contributed by atoms with van der Waals surface area (Å²) in [5.41, 5.74) is 3.40. The van der Waals surface area contributed by atoms with E-state index in [0.29, 0.717) is 24.7 Å². The van der Waals surface area contributed by atoms with Gasteiger partial charge in [-0.1, -0.05) is 17.3 Å². The Kier molecular flexibility index (Phi) is 5.04. The van der Waals surface area contributed by atoms with Gasteiger partial charge in [-0.25, -0.2) is 4.79 Å². The van der Waals surface area contributed by atoms with Gasteiger partial charge in [0.15, 0.2) is 5.82 Å². The molecule has 1 aromatic carbocycles. The van der Waals surface area contributed by atoms with Crippen molar-refractivity contribution in [1.29, 1.82) is 0 Å². The highest BCUT2D eigenvalue weighted by molar-refractivity contribution is 5.88. The average Bonchev–Trinajstić information content (AvgIpc) is 2.87. The van der Waals surface area contributed by atoms with Crippen molar-refractivity contribution in [3.8, 4) is 5.75 Å². The minimum atomic E-state index is -0.338. The van der Waals surface area contributed by atoms with E-state index in [1.54, 1.807) is 13.0 Å². The zero-order valence-electron chi connectivity index (χ0n) is 13.3. The van der Waals surface area contributed by atoms with Crippen LogP contribution in [0.25, 0.3) is 0 Å². The third-order valence-electron chi connectivity index (χ3n) is 3.38. The molecule has 0 bridgehead atoms. The maximum absolute atomic E-state index is 11.7. The summed E-state index contributed by atoms with van der Waals surface area (Å²) in [5, 5.41) is 8.98. The van der Waals surface area contributed by atoms with Crippen LogP contribution in [0.2, 0.25) is 0 Å². The molecule has 0 aliphatic rings. The van der Waals surface area contributed by atoms with E-state index in [9.17, 15) is 4.79 Å². The maximum atomic E-state index is 11.7. The first-order valence-corrected chi connectivity index (χ1v) is 7.15. The van der Waals surface area contributed by atoms with Gasteiger partial charge >= 0.3 is 6.03 Å². The molecule has 2 N–H and O–H groups in total. The van der Waals surface area contributed by atoms with Gasteiger partial charge in [-0.2, -0.15) is 0 Å². The zero-order valence-corrected chi connectivity index (χ0v) is 13.3. The van der Waals surface area contributed by atoms with Crippen LogP contribution in [-0.2, 0) is 0 Å². The molecule has 6 heteroatoms. The first-order chi connectivity index (χ1) is 10.5. The van der Waals surface area contributed by atoms with Gasteiger partial charge < -0.3 is 14.6 Å². The second kappa shape index (κ2) is 6.98. The molecule has 6 nitrogen and oxygen atoms in total. The number of ether oxygens (including phenoxy) is 1. The van der Waals surface area contributed by atoms with Gasteiger partial charge in [0.05, 0.1) is 6.54 Å². The van der Waals surface area contributed by atoms with Gasteiger partial charge in [-0.15, -0.1) is 0 Å².